The molecule has 1 heterocycles. The zero-order valence-electron chi connectivity index (χ0n) is 9.80. The summed E-state index contributed by atoms with van der Waals surface area (Å²) in [5, 5.41) is 0. The van der Waals surface area contributed by atoms with Crippen molar-refractivity contribution in [3.63, 3.8) is 0 Å². The number of carbonyl (C=O) groups excluding carboxylic acids is 2. The van der Waals surface area contributed by atoms with E-state index in [1.165, 1.54) is 22.6 Å². The maximum atomic E-state index is 11.4. The van der Waals surface area contributed by atoms with Gasteiger partial charge in [-0.2, -0.15) is 0 Å². The predicted molar refractivity (Wildman–Crippen MR) is 65.3 cm³/mol. The smallest absolute Gasteiger partial charge is 0.253 e. The van der Waals surface area contributed by atoms with Gasteiger partial charge in [0.05, 0.1) is 0 Å². The van der Waals surface area contributed by atoms with E-state index in [0.717, 1.165) is 6.42 Å². The lowest BCUT2D eigenvalue weighted by molar-refractivity contribution is -0.136. The molecule has 0 radical (unpaired) electrons. The van der Waals surface area contributed by atoms with Crippen molar-refractivity contribution in [3.8, 4) is 0 Å². The molecular weight excluding hydrogens is 214 g/mol. The van der Waals surface area contributed by atoms with Crippen molar-refractivity contribution in [2.45, 2.75) is 19.3 Å². The standard InChI is InChI=1S/C14H15NO2/c1-11(12-5-3-2-4-6-12)9-10-15-13(16)7-8-14(15)17/h2-8,11H,9-10H2,1H3. The first-order valence-corrected chi connectivity index (χ1v) is 5.77. The van der Waals surface area contributed by atoms with Crippen molar-refractivity contribution in [1.29, 1.82) is 0 Å². The summed E-state index contributed by atoms with van der Waals surface area (Å²) in [5.41, 5.74) is 1.24. The number of nitrogens with zero attached hydrogens (tertiary/aromatic N) is 1. The lowest BCUT2D eigenvalue weighted by atomic mass is 9.98. The first-order chi connectivity index (χ1) is 8.18. The molecule has 0 saturated heterocycles. The van der Waals surface area contributed by atoms with Crippen molar-refractivity contribution in [2.75, 3.05) is 6.54 Å². The van der Waals surface area contributed by atoms with Crippen LogP contribution in [0.5, 0.6) is 0 Å². The maximum Gasteiger partial charge on any atom is 0.253 e. The molecule has 1 aliphatic heterocycles. The molecule has 0 aromatic heterocycles. The van der Waals surface area contributed by atoms with E-state index in [0.29, 0.717) is 12.5 Å². The molecule has 1 aliphatic rings. The zero-order chi connectivity index (χ0) is 12.3. The molecule has 1 aromatic carbocycles. The molecule has 1 unspecified atom stereocenters. The van der Waals surface area contributed by atoms with Crippen LogP contribution in [0.2, 0.25) is 0 Å². The van der Waals surface area contributed by atoms with E-state index in [4.69, 9.17) is 0 Å². The summed E-state index contributed by atoms with van der Waals surface area (Å²) < 4.78 is 0. The highest BCUT2D eigenvalue weighted by Gasteiger charge is 2.23. The number of imide groups is 1. The van der Waals surface area contributed by atoms with Crippen molar-refractivity contribution in [1.82, 2.24) is 4.90 Å². The Morgan fingerprint density at radius 2 is 1.65 bits per heavy atom. The Morgan fingerprint density at radius 3 is 2.24 bits per heavy atom. The van der Waals surface area contributed by atoms with Gasteiger partial charge in [-0.25, -0.2) is 0 Å². The lowest BCUT2D eigenvalue weighted by Gasteiger charge is -2.17. The second-order valence-electron chi connectivity index (χ2n) is 4.26. The van der Waals surface area contributed by atoms with Gasteiger partial charge < -0.3 is 0 Å². The molecule has 2 amide bonds. The predicted octanol–water partition coefficient (Wildman–Crippen LogP) is 2.11. The molecule has 1 aromatic rings. The summed E-state index contributed by atoms with van der Waals surface area (Å²) in [5.74, 6) is -0.0528. The van der Waals surface area contributed by atoms with Gasteiger partial charge in [0.15, 0.2) is 0 Å². The van der Waals surface area contributed by atoms with E-state index in [9.17, 15) is 9.59 Å². The third-order valence-electron chi connectivity index (χ3n) is 3.05. The number of rotatable bonds is 4. The van der Waals surface area contributed by atoms with E-state index in [1.807, 2.05) is 18.2 Å². The third kappa shape index (κ3) is 2.61. The molecular formula is C14H15NO2. The largest absolute Gasteiger partial charge is 0.275 e. The fourth-order valence-corrected chi connectivity index (χ4v) is 1.92. The van der Waals surface area contributed by atoms with E-state index in [1.54, 1.807) is 0 Å². The molecule has 3 heteroatoms. The van der Waals surface area contributed by atoms with Gasteiger partial charge in [-0.1, -0.05) is 37.3 Å². The molecule has 0 fully saturated rings. The summed E-state index contributed by atoms with van der Waals surface area (Å²) in [6, 6.07) is 10.1. The summed E-state index contributed by atoms with van der Waals surface area (Å²) in [4.78, 5) is 24.0. The normalized spacial score (nSPS) is 16.6. The minimum atomic E-state index is -0.199. The third-order valence-corrected chi connectivity index (χ3v) is 3.05. The first kappa shape index (κ1) is 11.6. The average molecular weight is 229 g/mol. The Labute approximate surface area is 101 Å². The van der Waals surface area contributed by atoms with E-state index in [-0.39, 0.29) is 11.8 Å². The fourth-order valence-electron chi connectivity index (χ4n) is 1.92. The van der Waals surface area contributed by atoms with Crippen molar-refractivity contribution >= 4 is 11.8 Å². The summed E-state index contributed by atoms with van der Waals surface area (Å²) in [7, 11) is 0. The number of carbonyl (C=O) groups is 2. The van der Waals surface area contributed by atoms with Gasteiger partial charge in [0.2, 0.25) is 0 Å². The summed E-state index contributed by atoms with van der Waals surface area (Å²) in [6.07, 6.45) is 3.45. The topological polar surface area (TPSA) is 37.4 Å². The van der Waals surface area contributed by atoms with Crippen molar-refractivity contribution < 1.29 is 9.59 Å². The van der Waals surface area contributed by atoms with E-state index >= 15 is 0 Å². The van der Waals surface area contributed by atoms with Gasteiger partial charge in [-0.3, -0.25) is 14.5 Å². The summed E-state index contributed by atoms with van der Waals surface area (Å²) >= 11 is 0. The van der Waals surface area contributed by atoms with Gasteiger partial charge in [0.25, 0.3) is 11.8 Å². The second-order valence-corrected chi connectivity index (χ2v) is 4.26. The Bertz CT molecular complexity index is 433. The van der Waals surface area contributed by atoms with Crippen LogP contribution in [0.15, 0.2) is 42.5 Å². The molecule has 0 saturated carbocycles. The number of hydrogen-bond donors (Lipinski definition) is 0. The van der Waals surface area contributed by atoms with Crippen LogP contribution in [-0.2, 0) is 9.59 Å². The molecule has 3 nitrogen and oxygen atoms in total. The van der Waals surface area contributed by atoms with Gasteiger partial charge in [0, 0.05) is 18.7 Å². The van der Waals surface area contributed by atoms with Crippen LogP contribution in [0.25, 0.3) is 0 Å². The van der Waals surface area contributed by atoms with Crippen LogP contribution in [0.3, 0.4) is 0 Å². The highest BCUT2D eigenvalue weighted by atomic mass is 16.2. The highest BCUT2D eigenvalue weighted by molar-refractivity contribution is 6.12. The minimum Gasteiger partial charge on any atom is -0.275 e. The minimum absolute atomic E-state index is 0.199. The molecule has 0 N–H and O–H groups in total. The van der Waals surface area contributed by atoms with Gasteiger partial charge >= 0.3 is 0 Å². The molecule has 0 spiro atoms. The second kappa shape index (κ2) is 4.95. The molecule has 0 aliphatic carbocycles. The highest BCUT2D eigenvalue weighted by Crippen LogP contribution is 2.19. The SMILES string of the molecule is CC(CCN1C(=O)C=CC1=O)c1ccccc1. The maximum absolute atomic E-state index is 11.4. The number of hydrogen-bond acceptors (Lipinski definition) is 2. The Balaban J connectivity index is 1.91. The van der Waals surface area contributed by atoms with Crippen LogP contribution >= 0.6 is 0 Å². The number of benzene rings is 1. The zero-order valence-corrected chi connectivity index (χ0v) is 9.80. The summed E-state index contributed by atoms with van der Waals surface area (Å²) in [6.45, 7) is 2.59. The number of amides is 2. The van der Waals surface area contributed by atoms with Gasteiger partial charge in [-0.05, 0) is 17.9 Å². The average Bonchev–Trinajstić information content (AvgIpc) is 2.67. The first-order valence-electron chi connectivity index (χ1n) is 5.77. The van der Waals surface area contributed by atoms with Crippen LogP contribution in [-0.4, -0.2) is 23.3 Å². The van der Waals surface area contributed by atoms with Crippen molar-refractivity contribution in [3.05, 3.63) is 48.0 Å². The van der Waals surface area contributed by atoms with Crippen LogP contribution < -0.4 is 0 Å². The van der Waals surface area contributed by atoms with Crippen molar-refractivity contribution in [2.24, 2.45) is 0 Å². The fraction of sp³-hybridized carbons (Fsp3) is 0.286. The molecule has 0 bridgehead atoms. The van der Waals surface area contributed by atoms with Gasteiger partial charge in [0.1, 0.15) is 0 Å². The molecule has 1 atom stereocenters. The molecule has 17 heavy (non-hydrogen) atoms. The van der Waals surface area contributed by atoms with E-state index in [2.05, 4.69) is 19.1 Å². The molecule has 88 valence electrons. The lowest BCUT2D eigenvalue weighted by Crippen LogP contribution is -2.31. The quantitative estimate of drug-likeness (QED) is 0.741. The van der Waals surface area contributed by atoms with Crippen LogP contribution in [0, 0.1) is 0 Å². The Kier molecular flexibility index (Phi) is 3.38. The monoisotopic (exact) mass is 229 g/mol. The Hall–Kier alpha value is -1.90. The van der Waals surface area contributed by atoms with Gasteiger partial charge in [-0.15, -0.1) is 0 Å². The van der Waals surface area contributed by atoms with Crippen LogP contribution in [0.4, 0.5) is 0 Å². The van der Waals surface area contributed by atoms with E-state index < -0.39 is 0 Å². The molecule has 2 rings (SSSR count). The Morgan fingerprint density at radius 1 is 1.06 bits per heavy atom. The van der Waals surface area contributed by atoms with Crippen LogP contribution in [0.1, 0.15) is 24.8 Å².